The number of ether oxygens (including phenoxy) is 1. The van der Waals surface area contributed by atoms with Gasteiger partial charge in [-0.25, -0.2) is 9.67 Å². The number of rotatable bonds is 0. The Hall–Kier alpha value is -4.06. The summed E-state index contributed by atoms with van der Waals surface area (Å²) in [5.41, 5.74) is 4.24. The predicted molar refractivity (Wildman–Crippen MR) is 126 cm³/mol. The van der Waals surface area contributed by atoms with Crippen molar-refractivity contribution in [2.24, 2.45) is 0 Å². The van der Waals surface area contributed by atoms with E-state index in [-0.39, 0.29) is 0 Å². The number of hydrogen-bond acceptors (Lipinski definition) is 3. The van der Waals surface area contributed by atoms with Crippen molar-refractivity contribution in [3.05, 3.63) is 83.3 Å². The molecule has 0 N–H and O–H groups in total. The highest BCUT2D eigenvalue weighted by Gasteiger charge is 2.18. The van der Waals surface area contributed by atoms with Crippen LogP contribution < -0.4 is 15.4 Å². The maximum absolute atomic E-state index is 6.18. The Kier molecular flexibility index (Phi) is 4.24. The number of aromatic nitrogens is 5. The number of aryl methyl sites for hydroxylation is 1. The molecule has 6 rings (SSSR count). The second kappa shape index (κ2) is 7.27. The Bertz CT molecular complexity index is 1550. The summed E-state index contributed by atoms with van der Waals surface area (Å²) in [5.74, 6) is 1.71. The molecule has 0 aliphatic carbocycles. The van der Waals surface area contributed by atoms with E-state index in [2.05, 4.69) is 57.7 Å². The molecule has 0 amide bonds. The lowest BCUT2D eigenvalue weighted by Gasteiger charge is -2.15. The topological polar surface area (TPSA) is 49.8 Å². The van der Waals surface area contributed by atoms with Crippen LogP contribution in [0.2, 0.25) is 0 Å². The number of imidazole rings is 1. The monoisotopic (exact) mass is 421 g/mol. The van der Waals surface area contributed by atoms with Crippen LogP contribution in [-0.4, -0.2) is 30.5 Å². The van der Waals surface area contributed by atoms with Crippen LogP contribution in [0.1, 0.15) is 12.0 Å². The zero-order valence-electron chi connectivity index (χ0n) is 17.7. The molecule has 4 heterocycles. The lowest BCUT2D eigenvalue weighted by Crippen LogP contribution is -2.27. The molecule has 0 spiro atoms. The molecule has 0 radical (unpaired) electrons. The Morgan fingerprint density at radius 1 is 0.969 bits per heavy atom. The first kappa shape index (κ1) is 18.7. The van der Waals surface area contributed by atoms with E-state index < -0.39 is 0 Å². The molecule has 32 heavy (non-hydrogen) atoms. The van der Waals surface area contributed by atoms with Gasteiger partial charge in [0.25, 0.3) is 0 Å². The first-order chi connectivity index (χ1) is 15.7. The maximum atomic E-state index is 6.18. The molecule has 158 valence electrons. The summed E-state index contributed by atoms with van der Waals surface area (Å²) < 4.78 is 12.5. The van der Waals surface area contributed by atoms with Gasteiger partial charge in [-0.3, -0.25) is 0 Å². The van der Waals surface area contributed by atoms with Crippen molar-refractivity contribution in [2.75, 3.05) is 6.61 Å². The molecule has 6 heteroatoms. The van der Waals surface area contributed by atoms with Crippen LogP contribution >= 0.6 is 0 Å². The average molecular weight is 422 g/mol. The van der Waals surface area contributed by atoms with Crippen LogP contribution in [0.25, 0.3) is 41.3 Å². The van der Waals surface area contributed by atoms with Crippen molar-refractivity contribution in [2.45, 2.75) is 19.5 Å². The summed E-state index contributed by atoms with van der Waals surface area (Å²) in [6.45, 7) is 10.4. The third kappa shape index (κ3) is 2.95. The summed E-state index contributed by atoms with van der Waals surface area (Å²) in [7, 11) is 0. The highest BCUT2D eigenvalue weighted by molar-refractivity contribution is 5.86. The van der Waals surface area contributed by atoms with E-state index in [9.17, 15) is 0 Å². The molecule has 0 saturated heterocycles. The molecule has 0 atom stereocenters. The van der Waals surface area contributed by atoms with Crippen LogP contribution in [0.3, 0.4) is 0 Å². The van der Waals surface area contributed by atoms with Gasteiger partial charge in [-0.1, -0.05) is 43.5 Å². The smallest absolute Gasteiger partial charge is 0.158 e. The zero-order chi connectivity index (χ0) is 21.7. The van der Waals surface area contributed by atoms with Gasteiger partial charge in [0.05, 0.1) is 35.7 Å². The van der Waals surface area contributed by atoms with Crippen molar-refractivity contribution in [3.63, 3.8) is 0 Å². The third-order valence-electron chi connectivity index (χ3n) is 6.07. The van der Waals surface area contributed by atoms with E-state index in [0.717, 1.165) is 46.8 Å². The normalized spacial score (nSPS) is 13.6. The second-order valence-electron chi connectivity index (χ2n) is 8.12. The SMILES string of the molecule is C=c1nc2n(c1=C)Cc1cnn(c1)-c1ccccc1OCCCn1c-2cc2ccccc21. The molecule has 2 aromatic carbocycles. The van der Waals surface area contributed by atoms with Crippen LogP contribution in [0.15, 0.2) is 67.0 Å². The number of hydrogen-bond donors (Lipinski definition) is 0. The van der Waals surface area contributed by atoms with E-state index in [1.54, 1.807) is 0 Å². The van der Waals surface area contributed by atoms with Gasteiger partial charge in [0.1, 0.15) is 11.4 Å². The van der Waals surface area contributed by atoms with Gasteiger partial charge >= 0.3 is 0 Å². The van der Waals surface area contributed by atoms with Gasteiger partial charge in [-0.05, 0) is 30.7 Å². The maximum Gasteiger partial charge on any atom is 0.158 e. The van der Waals surface area contributed by atoms with E-state index in [4.69, 9.17) is 9.72 Å². The van der Waals surface area contributed by atoms with Crippen molar-refractivity contribution in [3.8, 4) is 23.0 Å². The number of nitrogens with zero attached hydrogens (tertiary/aromatic N) is 5. The summed E-state index contributed by atoms with van der Waals surface area (Å²) in [6.07, 6.45) is 4.78. The second-order valence-corrected chi connectivity index (χ2v) is 8.12. The van der Waals surface area contributed by atoms with E-state index in [0.29, 0.717) is 18.5 Å². The molecular weight excluding hydrogens is 398 g/mol. The summed E-state index contributed by atoms with van der Waals surface area (Å²) >= 11 is 0. The van der Waals surface area contributed by atoms with Gasteiger partial charge in [-0.15, -0.1) is 0 Å². The van der Waals surface area contributed by atoms with Crippen molar-refractivity contribution >= 4 is 24.1 Å². The summed E-state index contributed by atoms with van der Waals surface area (Å²) in [6, 6.07) is 18.7. The van der Waals surface area contributed by atoms with Crippen LogP contribution in [0.5, 0.6) is 5.75 Å². The first-order valence-electron chi connectivity index (χ1n) is 10.8. The summed E-state index contributed by atoms with van der Waals surface area (Å²) in [4.78, 5) is 4.83. The van der Waals surface area contributed by atoms with Crippen LogP contribution in [0.4, 0.5) is 0 Å². The third-order valence-corrected chi connectivity index (χ3v) is 6.07. The fourth-order valence-corrected chi connectivity index (χ4v) is 4.47. The Labute approximate surface area is 185 Å². The molecule has 3 aromatic heterocycles. The standard InChI is InChI=1S/C26H23N5O/c1-18-19(2)30-16-20-15-27-31(17-20)23-10-5-6-11-25(23)32-13-7-12-29-22-9-4-3-8-21(22)14-24(29)26(30)28-18/h3-6,8-11,14-15,17H,1-2,7,12-13,16H2. The van der Waals surface area contributed by atoms with Crippen molar-refractivity contribution in [1.82, 2.24) is 23.9 Å². The number of para-hydroxylation sites is 3. The quantitative estimate of drug-likeness (QED) is 0.385. The minimum absolute atomic E-state index is 0.604. The number of fused-ring (bicyclic) bond motifs is 9. The average Bonchev–Trinajstić information content (AvgIpc) is 3.49. The van der Waals surface area contributed by atoms with Gasteiger partial charge < -0.3 is 13.9 Å². The molecular formula is C26H23N5O. The van der Waals surface area contributed by atoms with Crippen LogP contribution in [0, 0.1) is 0 Å². The Balaban J connectivity index is 1.57. The molecule has 5 aromatic rings. The molecule has 2 bridgehead atoms. The molecule has 0 unspecified atom stereocenters. The van der Waals surface area contributed by atoms with Crippen molar-refractivity contribution in [1.29, 1.82) is 0 Å². The highest BCUT2D eigenvalue weighted by Crippen LogP contribution is 2.28. The fraction of sp³-hybridized carbons (Fsp3) is 0.154. The Morgan fingerprint density at radius 3 is 2.75 bits per heavy atom. The molecule has 1 aliphatic heterocycles. The minimum Gasteiger partial charge on any atom is -0.491 e. The number of benzene rings is 2. The minimum atomic E-state index is 0.604. The highest BCUT2D eigenvalue weighted by atomic mass is 16.5. The van der Waals surface area contributed by atoms with Gasteiger partial charge in [0, 0.05) is 29.2 Å². The zero-order valence-corrected chi connectivity index (χ0v) is 17.7. The van der Waals surface area contributed by atoms with Gasteiger partial charge in [0.15, 0.2) is 5.82 Å². The van der Waals surface area contributed by atoms with E-state index in [1.165, 1.54) is 10.9 Å². The molecule has 0 fully saturated rings. The largest absolute Gasteiger partial charge is 0.491 e. The predicted octanol–water partition coefficient (Wildman–Crippen LogP) is 3.34. The molecule has 0 saturated carbocycles. The van der Waals surface area contributed by atoms with Crippen LogP contribution in [-0.2, 0) is 13.1 Å². The summed E-state index contributed by atoms with van der Waals surface area (Å²) in [5, 5.41) is 7.31. The molecule has 1 aliphatic rings. The van der Waals surface area contributed by atoms with E-state index in [1.807, 2.05) is 41.3 Å². The molecule has 6 nitrogen and oxygen atoms in total. The lowest BCUT2D eigenvalue weighted by molar-refractivity contribution is 0.301. The van der Waals surface area contributed by atoms with Gasteiger partial charge in [0.2, 0.25) is 0 Å². The first-order valence-corrected chi connectivity index (χ1v) is 10.8. The lowest BCUT2D eigenvalue weighted by atomic mass is 10.2. The Morgan fingerprint density at radius 2 is 1.81 bits per heavy atom. The van der Waals surface area contributed by atoms with Crippen molar-refractivity contribution < 1.29 is 4.74 Å². The fourth-order valence-electron chi connectivity index (χ4n) is 4.47. The van der Waals surface area contributed by atoms with E-state index >= 15 is 0 Å². The van der Waals surface area contributed by atoms with Gasteiger partial charge in [-0.2, -0.15) is 5.10 Å².